The maximum atomic E-state index is 15.3. The average Bonchev–Trinajstić information content (AvgIpc) is 3.50. The van der Waals surface area contributed by atoms with Crippen molar-refractivity contribution < 1.29 is 52.9 Å². The number of ketones is 1. The number of rotatable bonds is 20. The maximum Gasteiger partial charge on any atom is 0.418 e. The monoisotopic (exact) mass is 863 g/mol. The van der Waals surface area contributed by atoms with E-state index in [9.17, 15) is 33.9 Å². The SMILES string of the molecule is CC(=O)SC(CCCCN1C(=O)c2ccccc2C1=O)C(=O)N(C(=O)OCc1ccccc1)[C@@](Cc1ccccc1)(C(=O)O)C(=O)[C@H](CC(C)C)NC(=O)OCc1ccccc1. The third kappa shape index (κ3) is 11.6. The molecule has 1 unspecified atom stereocenters. The molecule has 0 bridgehead atoms. The topological polar surface area (TPSA) is 194 Å². The lowest BCUT2D eigenvalue weighted by Gasteiger charge is -2.40. The van der Waals surface area contributed by atoms with Gasteiger partial charge in [0, 0.05) is 19.9 Å². The van der Waals surface area contributed by atoms with Crippen molar-refractivity contribution in [3.63, 3.8) is 0 Å². The van der Waals surface area contributed by atoms with Crippen LogP contribution in [-0.2, 0) is 48.3 Å². The summed E-state index contributed by atoms with van der Waals surface area (Å²) >= 11 is 0.542. The van der Waals surface area contributed by atoms with Crippen LogP contribution in [0, 0.1) is 5.92 Å². The minimum absolute atomic E-state index is 0.0185. The molecule has 0 saturated heterocycles. The van der Waals surface area contributed by atoms with E-state index in [1.54, 1.807) is 117 Å². The van der Waals surface area contributed by atoms with Gasteiger partial charge in [0.2, 0.25) is 11.4 Å². The summed E-state index contributed by atoms with van der Waals surface area (Å²) in [7, 11) is 0. The molecule has 324 valence electrons. The lowest BCUT2D eigenvalue weighted by atomic mass is 9.79. The number of fused-ring (bicyclic) bond motifs is 1. The lowest BCUT2D eigenvalue weighted by molar-refractivity contribution is -0.163. The lowest BCUT2D eigenvalue weighted by Crippen LogP contribution is -2.70. The van der Waals surface area contributed by atoms with Gasteiger partial charge in [-0.3, -0.25) is 28.9 Å². The quantitative estimate of drug-likeness (QED) is 0.0515. The number of carboxylic acids is 1. The number of aliphatic carboxylic acids is 1. The molecule has 1 aliphatic heterocycles. The molecule has 0 aliphatic carbocycles. The molecule has 4 aromatic rings. The van der Waals surface area contributed by atoms with Crippen molar-refractivity contribution in [2.75, 3.05) is 6.54 Å². The Kier molecular flexibility index (Phi) is 16.3. The molecule has 1 aliphatic rings. The molecule has 0 spiro atoms. The van der Waals surface area contributed by atoms with E-state index in [1.807, 2.05) is 0 Å². The molecule has 1 heterocycles. The van der Waals surface area contributed by atoms with Gasteiger partial charge < -0.3 is 19.9 Å². The van der Waals surface area contributed by atoms with Gasteiger partial charge in [0.25, 0.3) is 11.8 Å². The van der Waals surface area contributed by atoms with E-state index >= 15 is 9.59 Å². The molecule has 5 amide bonds. The predicted octanol–water partition coefficient (Wildman–Crippen LogP) is 7.24. The summed E-state index contributed by atoms with van der Waals surface area (Å²) in [4.78, 5) is 113. The molecule has 5 rings (SSSR count). The van der Waals surface area contributed by atoms with Gasteiger partial charge in [0.05, 0.1) is 22.4 Å². The molecule has 14 nitrogen and oxygen atoms in total. The first-order valence-electron chi connectivity index (χ1n) is 20.2. The number of imide groups is 2. The summed E-state index contributed by atoms with van der Waals surface area (Å²) < 4.78 is 11.1. The number of amides is 5. The van der Waals surface area contributed by atoms with Crippen molar-refractivity contribution in [2.45, 2.75) is 82.9 Å². The second-order valence-electron chi connectivity index (χ2n) is 15.2. The number of nitrogens with one attached hydrogen (secondary N) is 1. The summed E-state index contributed by atoms with van der Waals surface area (Å²) in [6, 6.07) is 29.9. The van der Waals surface area contributed by atoms with Crippen molar-refractivity contribution >= 4 is 58.5 Å². The summed E-state index contributed by atoms with van der Waals surface area (Å²) in [5.74, 6) is -5.56. The number of ether oxygens (including phenoxy) is 2. The van der Waals surface area contributed by atoms with Crippen LogP contribution in [0.25, 0.3) is 0 Å². The minimum Gasteiger partial charge on any atom is -0.479 e. The average molecular weight is 864 g/mol. The van der Waals surface area contributed by atoms with Gasteiger partial charge in [0.1, 0.15) is 13.2 Å². The molecule has 0 aromatic heterocycles. The number of nitrogens with zero attached hydrogens (tertiary/aromatic N) is 2. The first kappa shape index (κ1) is 46.5. The highest BCUT2D eigenvalue weighted by atomic mass is 32.2. The first-order chi connectivity index (χ1) is 29.7. The zero-order valence-corrected chi connectivity index (χ0v) is 35.5. The summed E-state index contributed by atoms with van der Waals surface area (Å²) in [5.41, 5.74) is -1.12. The molecular formula is C47H49N3O11S. The summed E-state index contributed by atoms with van der Waals surface area (Å²) in [6.07, 6.45) is -3.18. The fourth-order valence-electron chi connectivity index (χ4n) is 7.18. The van der Waals surface area contributed by atoms with E-state index in [-0.39, 0.29) is 61.4 Å². The van der Waals surface area contributed by atoms with Crippen LogP contribution in [0.15, 0.2) is 115 Å². The van der Waals surface area contributed by atoms with Crippen molar-refractivity contribution in [1.82, 2.24) is 15.1 Å². The van der Waals surface area contributed by atoms with Gasteiger partial charge in [-0.25, -0.2) is 19.3 Å². The van der Waals surface area contributed by atoms with Crippen LogP contribution in [0.5, 0.6) is 0 Å². The van der Waals surface area contributed by atoms with Gasteiger partial charge in [-0.15, -0.1) is 0 Å². The Labute approximate surface area is 363 Å². The maximum absolute atomic E-state index is 15.3. The van der Waals surface area contributed by atoms with Gasteiger partial charge in [0.15, 0.2) is 10.9 Å². The van der Waals surface area contributed by atoms with Crippen LogP contribution < -0.4 is 5.32 Å². The Morgan fingerprint density at radius 3 is 1.73 bits per heavy atom. The van der Waals surface area contributed by atoms with Crippen LogP contribution in [0.3, 0.4) is 0 Å². The third-order valence-electron chi connectivity index (χ3n) is 10.1. The van der Waals surface area contributed by atoms with Crippen LogP contribution in [0.1, 0.15) is 83.9 Å². The number of Topliss-reactive ketones (excluding diaryl/α,β-unsaturated/α-hetero) is 1. The number of thioether (sulfide) groups is 1. The van der Waals surface area contributed by atoms with Gasteiger partial charge in [-0.2, -0.15) is 0 Å². The Hall–Kier alpha value is -6.61. The molecule has 3 atom stereocenters. The molecule has 0 fully saturated rings. The van der Waals surface area contributed by atoms with Crippen molar-refractivity contribution in [2.24, 2.45) is 5.92 Å². The molecule has 15 heteroatoms. The van der Waals surface area contributed by atoms with Crippen molar-refractivity contribution in [3.05, 3.63) is 143 Å². The number of alkyl carbamates (subject to hydrolysis) is 1. The molecule has 62 heavy (non-hydrogen) atoms. The van der Waals surface area contributed by atoms with E-state index < -0.39 is 76.6 Å². The second kappa shape index (κ2) is 21.8. The number of carbonyl (C=O) groups excluding carboxylic acids is 7. The highest BCUT2D eigenvalue weighted by Gasteiger charge is 2.59. The molecule has 2 N–H and O–H groups in total. The molecular weight excluding hydrogens is 815 g/mol. The Morgan fingerprint density at radius 1 is 0.726 bits per heavy atom. The Balaban J connectivity index is 1.53. The number of carboxylic acid groups (broad SMARTS) is 1. The number of unbranched alkanes of at least 4 members (excludes halogenated alkanes) is 1. The van der Waals surface area contributed by atoms with E-state index in [1.165, 1.54) is 19.1 Å². The highest BCUT2D eigenvalue weighted by molar-refractivity contribution is 8.14. The summed E-state index contributed by atoms with van der Waals surface area (Å²) in [5, 5.41) is 11.9. The number of hydrogen-bond donors (Lipinski definition) is 2. The predicted molar refractivity (Wildman–Crippen MR) is 230 cm³/mol. The second-order valence-corrected chi connectivity index (χ2v) is 16.6. The van der Waals surface area contributed by atoms with Crippen LogP contribution in [0.2, 0.25) is 0 Å². The minimum atomic E-state index is -3.05. The zero-order valence-electron chi connectivity index (χ0n) is 34.7. The van der Waals surface area contributed by atoms with E-state index in [0.29, 0.717) is 27.8 Å². The van der Waals surface area contributed by atoms with E-state index in [4.69, 9.17) is 9.47 Å². The number of carbonyl (C=O) groups is 8. The smallest absolute Gasteiger partial charge is 0.418 e. The third-order valence-corrected chi connectivity index (χ3v) is 11.2. The molecule has 0 saturated carbocycles. The van der Waals surface area contributed by atoms with Crippen LogP contribution in [0.4, 0.5) is 9.59 Å². The number of hydrogen-bond acceptors (Lipinski definition) is 11. The van der Waals surface area contributed by atoms with Gasteiger partial charge in [-0.05, 0) is 54.0 Å². The van der Waals surface area contributed by atoms with Gasteiger partial charge >= 0.3 is 18.2 Å². The highest BCUT2D eigenvalue weighted by Crippen LogP contribution is 2.33. The summed E-state index contributed by atoms with van der Waals surface area (Å²) in [6.45, 7) is 4.09. The van der Waals surface area contributed by atoms with E-state index in [0.717, 1.165) is 4.90 Å². The zero-order chi connectivity index (χ0) is 44.8. The van der Waals surface area contributed by atoms with Gasteiger partial charge in [-0.1, -0.05) is 135 Å². The largest absolute Gasteiger partial charge is 0.479 e. The first-order valence-corrected chi connectivity index (χ1v) is 21.1. The Morgan fingerprint density at radius 2 is 1.23 bits per heavy atom. The van der Waals surface area contributed by atoms with Crippen molar-refractivity contribution in [1.29, 1.82) is 0 Å². The standard InChI is InChI=1S/C47H49N3O11S/c1-31(2)27-38(48-45(58)60-29-34-19-9-5-10-20-34)40(52)47(44(56)57,28-33-17-7-4-8-18-33)50(46(59)61-30-35-21-11-6-12-22-35)43(55)39(62-32(3)51)25-15-16-26-49-41(53)36-23-13-14-24-37(36)42(49)54/h4-14,17-24,31,38-39H,15-16,25-30H2,1-3H3,(H,48,58)(H,56,57)/t38-,39?,47+/m0/s1. The fourth-order valence-corrected chi connectivity index (χ4v) is 8.07. The van der Waals surface area contributed by atoms with Crippen LogP contribution in [-0.4, -0.2) is 85.1 Å². The molecule has 4 aromatic carbocycles. The fraction of sp³-hybridized carbons (Fsp3) is 0.319. The molecule has 0 radical (unpaired) electrons. The normalized spacial score (nSPS) is 14.0. The van der Waals surface area contributed by atoms with Crippen molar-refractivity contribution in [3.8, 4) is 0 Å². The Bertz CT molecular complexity index is 2220. The van der Waals surface area contributed by atoms with Crippen LogP contribution >= 0.6 is 11.8 Å². The van der Waals surface area contributed by atoms with E-state index in [2.05, 4.69) is 5.32 Å². The number of benzene rings is 4.